The summed E-state index contributed by atoms with van der Waals surface area (Å²) in [4.78, 5) is 49.4. The van der Waals surface area contributed by atoms with Gasteiger partial charge in [0.05, 0.1) is 11.4 Å². The Morgan fingerprint density at radius 3 is 2.37 bits per heavy atom. The summed E-state index contributed by atoms with van der Waals surface area (Å²) < 4.78 is 4.93. The van der Waals surface area contributed by atoms with Crippen LogP contribution in [0.15, 0.2) is 17.5 Å². The molecule has 2 rings (SSSR count). The lowest BCUT2D eigenvalue weighted by molar-refractivity contribution is -0.151. The third-order valence-corrected chi connectivity index (χ3v) is 5.02. The zero-order chi connectivity index (χ0) is 19.5. The van der Waals surface area contributed by atoms with E-state index in [9.17, 15) is 19.2 Å². The van der Waals surface area contributed by atoms with Gasteiger partial charge >= 0.3 is 5.97 Å². The molecule has 9 heteroatoms. The van der Waals surface area contributed by atoms with E-state index in [1.54, 1.807) is 22.4 Å². The number of hydrogen-bond acceptors (Lipinski definition) is 6. The van der Waals surface area contributed by atoms with E-state index in [2.05, 4.69) is 10.6 Å². The molecule has 1 aromatic heterocycles. The molecule has 0 radical (unpaired) electrons. The number of nitrogens with one attached hydrogen (secondary N) is 2. The smallest absolute Gasteiger partial charge is 0.325 e. The van der Waals surface area contributed by atoms with Gasteiger partial charge in [-0.2, -0.15) is 0 Å². The van der Waals surface area contributed by atoms with Crippen LogP contribution < -0.4 is 10.6 Å². The second kappa shape index (κ2) is 11.3. The van der Waals surface area contributed by atoms with Gasteiger partial charge in [-0.05, 0) is 24.3 Å². The van der Waals surface area contributed by atoms with Crippen molar-refractivity contribution >= 4 is 35.0 Å². The van der Waals surface area contributed by atoms with Gasteiger partial charge in [-0.1, -0.05) is 25.3 Å². The summed E-state index contributed by atoms with van der Waals surface area (Å²) in [6.07, 6.45) is 5.35. The molecule has 0 saturated carbocycles. The van der Waals surface area contributed by atoms with Gasteiger partial charge in [0.25, 0.3) is 11.8 Å². The Morgan fingerprint density at radius 2 is 1.70 bits per heavy atom. The molecule has 1 aromatic rings. The fourth-order valence-electron chi connectivity index (χ4n) is 2.67. The van der Waals surface area contributed by atoms with Crippen LogP contribution in [-0.4, -0.2) is 61.4 Å². The summed E-state index contributed by atoms with van der Waals surface area (Å²) in [6.45, 7) is 0.482. The first kappa shape index (κ1) is 20.9. The van der Waals surface area contributed by atoms with E-state index in [1.807, 2.05) is 0 Å². The van der Waals surface area contributed by atoms with E-state index in [1.165, 1.54) is 17.8 Å². The Morgan fingerprint density at radius 1 is 1.00 bits per heavy atom. The van der Waals surface area contributed by atoms with Crippen molar-refractivity contribution in [3.63, 3.8) is 0 Å². The van der Waals surface area contributed by atoms with Gasteiger partial charge in [-0.15, -0.1) is 11.3 Å². The quantitative estimate of drug-likeness (QED) is 0.669. The number of carbonyl (C=O) groups is 4. The van der Waals surface area contributed by atoms with Crippen molar-refractivity contribution in [2.45, 2.75) is 32.1 Å². The van der Waals surface area contributed by atoms with E-state index >= 15 is 0 Å². The maximum atomic E-state index is 12.1. The van der Waals surface area contributed by atoms with Crippen LogP contribution in [0.2, 0.25) is 0 Å². The van der Waals surface area contributed by atoms with Crippen molar-refractivity contribution in [2.24, 2.45) is 0 Å². The molecule has 0 aliphatic carbocycles. The molecule has 0 bridgehead atoms. The van der Waals surface area contributed by atoms with Crippen LogP contribution in [0.5, 0.6) is 0 Å². The summed E-state index contributed by atoms with van der Waals surface area (Å²) in [5, 5.41) is 6.58. The van der Waals surface area contributed by atoms with E-state index in [0.717, 1.165) is 25.7 Å². The molecule has 2 N–H and O–H groups in total. The van der Waals surface area contributed by atoms with E-state index in [0.29, 0.717) is 18.0 Å². The van der Waals surface area contributed by atoms with Crippen molar-refractivity contribution < 1.29 is 23.9 Å². The second-order valence-corrected chi connectivity index (χ2v) is 7.19. The van der Waals surface area contributed by atoms with Gasteiger partial charge in [0.1, 0.15) is 6.54 Å². The summed E-state index contributed by atoms with van der Waals surface area (Å²) >= 11 is 1.27. The second-order valence-electron chi connectivity index (χ2n) is 6.25. The minimum absolute atomic E-state index is 0.209. The van der Waals surface area contributed by atoms with Crippen LogP contribution in [0.4, 0.5) is 0 Å². The molecule has 3 amide bonds. The lowest BCUT2D eigenvalue weighted by Crippen LogP contribution is -2.40. The number of rotatable bonds is 7. The Labute approximate surface area is 162 Å². The molecule has 8 nitrogen and oxygen atoms in total. The normalized spacial score (nSPS) is 14.6. The molecular formula is C18H25N3O5S. The highest BCUT2D eigenvalue weighted by Crippen LogP contribution is 2.10. The number of likely N-dealkylation sites (tertiary alicyclic amines) is 1. The number of esters is 1. The van der Waals surface area contributed by atoms with Gasteiger partial charge in [0.15, 0.2) is 6.61 Å². The molecule has 2 heterocycles. The first-order chi connectivity index (χ1) is 13.1. The maximum absolute atomic E-state index is 12.1. The first-order valence-corrected chi connectivity index (χ1v) is 9.96. The Balaban J connectivity index is 1.60. The van der Waals surface area contributed by atoms with Gasteiger partial charge in [0.2, 0.25) is 5.91 Å². The van der Waals surface area contributed by atoms with Crippen LogP contribution in [0.25, 0.3) is 0 Å². The molecule has 0 atom stereocenters. The monoisotopic (exact) mass is 395 g/mol. The summed E-state index contributed by atoms with van der Waals surface area (Å²) in [5.74, 6) is -1.75. The summed E-state index contributed by atoms with van der Waals surface area (Å²) in [7, 11) is 0. The van der Waals surface area contributed by atoms with E-state index in [-0.39, 0.29) is 31.5 Å². The molecule has 0 spiro atoms. The summed E-state index contributed by atoms with van der Waals surface area (Å²) in [5.41, 5.74) is 0. The highest BCUT2D eigenvalue weighted by molar-refractivity contribution is 7.12. The van der Waals surface area contributed by atoms with Crippen LogP contribution in [0, 0.1) is 0 Å². The number of nitrogens with zero attached hydrogens (tertiary/aromatic N) is 1. The number of amides is 3. The molecule has 27 heavy (non-hydrogen) atoms. The maximum Gasteiger partial charge on any atom is 0.325 e. The van der Waals surface area contributed by atoms with Crippen molar-refractivity contribution in [3.05, 3.63) is 22.4 Å². The Bertz CT molecular complexity index is 639. The predicted octanol–water partition coefficient (Wildman–Crippen LogP) is 0.930. The van der Waals surface area contributed by atoms with Gasteiger partial charge in [-0.25, -0.2) is 0 Å². The lowest BCUT2D eigenvalue weighted by Gasteiger charge is -2.24. The number of carbonyl (C=O) groups excluding carboxylic acids is 4. The molecule has 1 saturated heterocycles. The zero-order valence-electron chi connectivity index (χ0n) is 15.2. The molecule has 1 aliphatic heterocycles. The molecule has 148 valence electrons. The van der Waals surface area contributed by atoms with Crippen LogP contribution in [0.3, 0.4) is 0 Å². The van der Waals surface area contributed by atoms with Crippen molar-refractivity contribution in [3.8, 4) is 0 Å². The zero-order valence-corrected chi connectivity index (χ0v) is 16.0. The highest BCUT2D eigenvalue weighted by atomic mass is 32.1. The third-order valence-electron chi connectivity index (χ3n) is 4.15. The predicted molar refractivity (Wildman–Crippen MR) is 100 cm³/mol. The minimum Gasteiger partial charge on any atom is -0.454 e. The van der Waals surface area contributed by atoms with Crippen LogP contribution >= 0.6 is 11.3 Å². The highest BCUT2D eigenvalue weighted by Gasteiger charge is 2.17. The number of thiophene rings is 1. The van der Waals surface area contributed by atoms with Crippen LogP contribution in [-0.2, 0) is 19.1 Å². The molecular weight excluding hydrogens is 370 g/mol. The fourth-order valence-corrected chi connectivity index (χ4v) is 3.31. The Kier molecular flexibility index (Phi) is 8.76. The van der Waals surface area contributed by atoms with Crippen LogP contribution in [0.1, 0.15) is 41.8 Å². The molecule has 0 aromatic carbocycles. The SMILES string of the molecule is O=C(CNC(=O)c1cccs1)NCC(=O)OCC(=O)N1CCCCCCC1. The average molecular weight is 395 g/mol. The summed E-state index contributed by atoms with van der Waals surface area (Å²) in [6, 6.07) is 3.39. The van der Waals surface area contributed by atoms with Crippen molar-refractivity contribution in [1.82, 2.24) is 15.5 Å². The molecule has 1 aliphatic rings. The van der Waals surface area contributed by atoms with E-state index in [4.69, 9.17) is 4.74 Å². The largest absolute Gasteiger partial charge is 0.454 e. The molecule has 0 unspecified atom stereocenters. The topological polar surface area (TPSA) is 105 Å². The minimum atomic E-state index is -0.687. The first-order valence-electron chi connectivity index (χ1n) is 9.08. The van der Waals surface area contributed by atoms with Crippen molar-refractivity contribution in [2.75, 3.05) is 32.8 Å². The number of hydrogen-bond donors (Lipinski definition) is 2. The fraction of sp³-hybridized carbons (Fsp3) is 0.556. The number of ether oxygens (including phenoxy) is 1. The van der Waals surface area contributed by atoms with Gasteiger partial charge in [-0.3, -0.25) is 19.2 Å². The van der Waals surface area contributed by atoms with Gasteiger partial charge < -0.3 is 20.3 Å². The molecule has 1 fully saturated rings. The average Bonchev–Trinajstić information content (AvgIpc) is 3.17. The Hall–Kier alpha value is -2.42. The lowest BCUT2D eigenvalue weighted by atomic mass is 10.1. The van der Waals surface area contributed by atoms with E-state index < -0.39 is 11.9 Å². The van der Waals surface area contributed by atoms with Gasteiger partial charge in [0, 0.05) is 13.1 Å². The van der Waals surface area contributed by atoms with Crippen molar-refractivity contribution in [1.29, 1.82) is 0 Å². The third kappa shape index (κ3) is 7.78. The standard InChI is InChI=1S/C18H25N3O5S/c22-15(11-20-18(25)14-7-6-10-27-14)19-12-17(24)26-13-16(23)21-8-4-2-1-3-5-9-21/h6-7,10H,1-5,8-9,11-13H2,(H,19,22)(H,20,25).